The monoisotopic (exact) mass is 623 g/mol. The van der Waals surface area contributed by atoms with Crippen LogP contribution in [0.5, 0.6) is 0 Å². The molecule has 2 nitrogen and oxygen atoms in total. The molecule has 184 valence electrons. The zero-order chi connectivity index (χ0) is 24.3. The van der Waals surface area contributed by atoms with Crippen molar-refractivity contribution in [1.29, 1.82) is 0 Å². The van der Waals surface area contributed by atoms with E-state index in [2.05, 4.69) is 109 Å². The second kappa shape index (κ2) is 14.4. The van der Waals surface area contributed by atoms with Gasteiger partial charge in [0, 0.05) is 11.0 Å². The molecule has 0 aliphatic carbocycles. The summed E-state index contributed by atoms with van der Waals surface area (Å²) in [6, 6.07) is 41.4. The van der Waals surface area contributed by atoms with Crippen LogP contribution in [0.1, 0.15) is 30.1 Å². The highest BCUT2D eigenvalue weighted by atomic mass is 127. The fraction of sp³-hybridized carbons (Fsp3) is 0.129. The maximum atomic E-state index is 13.5. The Morgan fingerprint density at radius 2 is 1.14 bits per heavy atom. The Hall–Kier alpha value is -2.40. The Kier molecular flexibility index (Phi) is 11.2. The summed E-state index contributed by atoms with van der Waals surface area (Å²) in [4.78, 5) is 13.5. The molecule has 5 heteroatoms. The van der Waals surface area contributed by atoms with Crippen LogP contribution in [0.3, 0.4) is 0 Å². The fourth-order valence-corrected chi connectivity index (χ4v) is 9.66. The van der Waals surface area contributed by atoms with Crippen molar-refractivity contribution in [2.75, 3.05) is 5.75 Å². The van der Waals surface area contributed by atoms with Gasteiger partial charge in [0.2, 0.25) is 0 Å². The lowest BCUT2D eigenvalue weighted by Gasteiger charge is -2.29. The number of benzene rings is 4. The maximum Gasteiger partial charge on any atom is 0.258 e. The summed E-state index contributed by atoms with van der Waals surface area (Å²) in [5.74, 6) is 0.930. The van der Waals surface area contributed by atoms with Crippen molar-refractivity contribution in [3.8, 4) is 0 Å². The topological polar surface area (TPSA) is 29.1 Å². The molecule has 0 unspecified atom stereocenters. The number of thioether (sulfide) groups is 1. The van der Waals surface area contributed by atoms with Crippen molar-refractivity contribution in [3.05, 3.63) is 138 Å². The minimum Gasteiger partial charge on any atom is -1.00 e. The smallest absolute Gasteiger partial charge is 0.258 e. The van der Waals surface area contributed by atoms with Gasteiger partial charge in [0.1, 0.15) is 15.9 Å². The maximum absolute atomic E-state index is 13.5. The van der Waals surface area contributed by atoms with Gasteiger partial charge in [0.25, 0.3) is 5.91 Å². The van der Waals surface area contributed by atoms with Gasteiger partial charge in [-0.1, -0.05) is 86.1 Å². The summed E-state index contributed by atoms with van der Waals surface area (Å²) < 4.78 is 0. The standard InChI is InChI=1S/C31H30NOPS.HI/c1-2-3-24-35-25-30(32-31(33)26-16-8-4-9-17-26)34(27-18-10-5-11-19-27,28-20-12-6-13-21-28)29-22-14-7-15-23-29;/h4-23,25H,2-3,24H2,1H3;1H/b30-25+;. The second-order valence-corrected chi connectivity index (χ2v) is 12.6. The van der Waals surface area contributed by atoms with Crippen LogP contribution in [-0.2, 0) is 0 Å². The molecule has 0 aliphatic rings. The number of amides is 1. The molecule has 1 N–H and O–H groups in total. The summed E-state index contributed by atoms with van der Waals surface area (Å²) >= 11 is 1.79. The van der Waals surface area contributed by atoms with E-state index in [4.69, 9.17) is 0 Å². The first-order valence-electron chi connectivity index (χ1n) is 12.0. The molecule has 36 heavy (non-hydrogen) atoms. The highest BCUT2D eigenvalue weighted by molar-refractivity contribution is 8.04. The number of halogens is 1. The number of unbranched alkanes of at least 4 members (excludes halogenated alkanes) is 1. The summed E-state index contributed by atoms with van der Waals surface area (Å²) in [7, 11) is -2.38. The third kappa shape index (κ3) is 6.47. The average Bonchev–Trinajstić information content (AvgIpc) is 2.93. The van der Waals surface area contributed by atoms with E-state index in [-0.39, 0.29) is 29.9 Å². The number of carbonyl (C=O) groups is 1. The van der Waals surface area contributed by atoms with E-state index in [0.717, 1.165) is 24.0 Å². The molecule has 4 aromatic carbocycles. The minimum atomic E-state index is -2.38. The van der Waals surface area contributed by atoms with Crippen LogP contribution < -0.4 is 45.2 Å². The predicted octanol–water partition coefficient (Wildman–Crippen LogP) is 3.75. The highest BCUT2D eigenvalue weighted by Crippen LogP contribution is 2.61. The Morgan fingerprint density at radius 1 is 0.722 bits per heavy atom. The predicted molar refractivity (Wildman–Crippen MR) is 155 cm³/mol. The van der Waals surface area contributed by atoms with Crippen molar-refractivity contribution in [3.63, 3.8) is 0 Å². The van der Waals surface area contributed by atoms with Gasteiger partial charge in [-0.25, -0.2) is 0 Å². The van der Waals surface area contributed by atoms with Crippen LogP contribution in [0.25, 0.3) is 0 Å². The first-order chi connectivity index (χ1) is 17.3. The summed E-state index contributed by atoms with van der Waals surface area (Å²) in [5, 5.41) is 9.25. The van der Waals surface area contributed by atoms with Gasteiger partial charge in [-0.15, -0.1) is 11.8 Å². The highest BCUT2D eigenvalue weighted by Gasteiger charge is 2.50. The van der Waals surface area contributed by atoms with Gasteiger partial charge in [-0.05, 0) is 60.7 Å². The van der Waals surface area contributed by atoms with Gasteiger partial charge in [0.05, 0.1) is 0 Å². The number of carbonyl (C=O) groups excluding carboxylic acids is 1. The van der Waals surface area contributed by atoms with Crippen molar-refractivity contribution >= 4 is 40.8 Å². The van der Waals surface area contributed by atoms with Gasteiger partial charge in [0.15, 0.2) is 12.7 Å². The van der Waals surface area contributed by atoms with Crippen molar-refractivity contribution in [2.45, 2.75) is 19.8 Å². The van der Waals surface area contributed by atoms with Crippen LogP contribution >= 0.6 is 19.0 Å². The molecule has 1 amide bonds. The van der Waals surface area contributed by atoms with Crippen LogP contribution in [-0.4, -0.2) is 11.7 Å². The molecule has 0 fully saturated rings. The molecular formula is C31H31INOPS. The van der Waals surface area contributed by atoms with Crippen molar-refractivity contribution in [1.82, 2.24) is 5.32 Å². The third-order valence-corrected chi connectivity index (χ3v) is 11.2. The van der Waals surface area contributed by atoms with E-state index < -0.39 is 7.26 Å². The lowest BCUT2D eigenvalue weighted by atomic mass is 10.2. The number of hydrogen-bond donors (Lipinski definition) is 1. The quantitative estimate of drug-likeness (QED) is 0.166. The zero-order valence-corrected chi connectivity index (χ0v) is 24.3. The van der Waals surface area contributed by atoms with Crippen LogP contribution in [0.15, 0.2) is 132 Å². The molecule has 0 saturated heterocycles. The zero-order valence-electron chi connectivity index (χ0n) is 20.4. The summed E-state index contributed by atoms with van der Waals surface area (Å²) in [6.07, 6.45) is 2.28. The summed E-state index contributed by atoms with van der Waals surface area (Å²) in [5.41, 5.74) is 1.63. The van der Waals surface area contributed by atoms with E-state index in [1.165, 1.54) is 15.9 Å². The van der Waals surface area contributed by atoms with E-state index in [9.17, 15) is 4.79 Å². The molecule has 0 saturated carbocycles. The molecule has 0 radical (unpaired) electrons. The Labute approximate surface area is 237 Å². The van der Waals surface area contributed by atoms with Gasteiger partial charge in [-0.3, -0.25) is 10.1 Å². The largest absolute Gasteiger partial charge is 1.00 e. The van der Waals surface area contributed by atoms with Gasteiger partial charge < -0.3 is 24.0 Å². The fourth-order valence-electron chi connectivity index (χ4n) is 4.16. The lowest BCUT2D eigenvalue weighted by molar-refractivity contribution is -0.0000151. The van der Waals surface area contributed by atoms with Crippen LogP contribution in [0.2, 0.25) is 0 Å². The number of rotatable bonds is 10. The van der Waals surface area contributed by atoms with Crippen molar-refractivity contribution < 1.29 is 28.8 Å². The SMILES string of the molecule is CCCCS/C=C(\NC(=O)c1ccccc1)[P+](c1ccccc1)(c1ccccc1)c1ccccc1.[I-]. The first-order valence-corrected chi connectivity index (χ1v) is 14.8. The van der Waals surface area contributed by atoms with Crippen LogP contribution in [0, 0.1) is 0 Å². The minimum absolute atomic E-state index is 0. The Morgan fingerprint density at radius 3 is 1.56 bits per heavy atom. The van der Waals surface area contributed by atoms with E-state index in [0.29, 0.717) is 5.56 Å². The average molecular weight is 624 g/mol. The molecule has 4 aromatic rings. The molecule has 0 heterocycles. The Balaban J connectivity index is 0.00000361. The van der Waals surface area contributed by atoms with E-state index in [1.807, 2.05) is 30.3 Å². The molecule has 0 bridgehead atoms. The molecular weight excluding hydrogens is 592 g/mol. The van der Waals surface area contributed by atoms with Gasteiger partial charge >= 0.3 is 0 Å². The summed E-state index contributed by atoms with van der Waals surface area (Å²) in [6.45, 7) is 2.21. The molecule has 4 rings (SSSR count). The van der Waals surface area contributed by atoms with E-state index in [1.54, 1.807) is 11.8 Å². The Bertz CT molecular complexity index is 1140. The first kappa shape index (κ1) is 28.2. The van der Waals surface area contributed by atoms with E-state index >= 15 is 0 Å². The lowest BCUT2D eigenvalue weighted by Crippen LogP contribution is -3.00. The molecule has 0 atom stereocenters. The third-order valence-electron chi connectivity index (χ3n) is 5.88. The second-order valence-electron chi connectivity index (χ2n) is 8.23. The normalized spacial score (nSPS) is 11.4. The van der Waals surface area contributed by atoms with Crippen molar-refractivity contribution in [2.24, 2.45) is 0 Å². The molecule has 0 spiro atoms. The molecule has 0 aliphatic heterocycles. The van der Waals surface area contributed by atoms with Crippen LogP contribution in [0.4, 0.5) is 0 Å². The van der Waals surface area contributed by atoms with Gasteiger partial charge in [-0.2, -0.15) is 0 Å². The number of nitrogens with one attached hydrogen (secondary N) is 1. The molecule has 0 aromatic heterocycles. The number of hydrogen-bond acceptors (Lipinski definition) is 2.